The first-order chi connectivity index (χ1) is 8.21. The van der Waals surface area contributed by atoms with Gasteiger partial charge in [0.25, 0.3) is 0 Å². The van der Waals surface area contributed by atoms with Crippen LogP contribution >= 0.6 is 0 Å². The van der Waals surface area contributed by atoms with Gasteiger partial charge in [0.15, 0.2) is 5.82 Å². The minimum Gasteiger partial charge on any atom is -0.481 e. The molecular formula is C12H22N4O2. The molecule has 1 aromatic rings. The molecule has 1 heterocycles. The van der Waals surface area contributed by atoms with E-state index in [-0.39, 0.29) is 5.41 Å². The van der Waals surface area contributed by atoms with Crippen LogP contribution in [0.15, 0.2) is 0 Å². The smallest absolute Gasteiger partial charge is 0.308 e. The van der Waals surface area contributed by atoms with E-state index in [1.807, 2.05) is 34.6 Å². The van der Waals surface area contributed by atoms with Crippen LogP contribution in [0.4, 0.5) is 0 Å². The quantitative estimate of drug-likeness (QED) is 0.865. The lowest BCUT2D eigenvalue weighted by Crippen LogP contribution is -2.27. The summed E-state index contributed by atoms with van der Waals surface area (Å²) < 4.78 is 1.61. The first kappa shape index (κ1) is 14.6. The molecule has 1 aromatic heterocycles. The summed E-state index contributed by atoms with van der Waals surface area (Å²) in [6.07, 6.45) is 0.624. The molecule has 0 amide bonds. The van der Waals surface area contributed by atoms with E-state index in [1.165, 1.54) is 0 Å². The zero-order valence-corrected chi connectivity index (χ0v) is 11.7. The van der Waals surface area contributed by atoms with Crippen molar-refractivity contribution < 1.29 is 9.90 Å². The molecule has 1 N–H and O–H groups in total. The molecule has 102 valence electrons. The number of rotatable bonds is 5. The molecule has 0 saturated heterocycles. The molecule has 0 aliphatic heterocycles. The average molecular weight is 254 g/mol. The summed E-state index contributed by atoms with van der Waals surface area (Å²) in [6, 6.07) is 0. The maximum atomic E-state index is 11.2. The Kier molecular flexibility index (Phi) is 4.43. The monoisotopic (exact) mass is 254 g/mol. The van der Waals surface area contributed by atoms with Crippen molar-refractivity contribution in [3.63, 3.8) is 0 Å². The highest BCUT2D eigenvalue weighted by Gasteiger charge is 2.26. The molecule has 0 saturated carbocycles. The van der Waals surface area contributed by atoms with Crippen molar-refractivity contribution >= 4 is 5.97 Å². The highest BCUT2D eigenvalue weighted by Crippen LogP contribution is 2.21. The highest BCUT2D eigenvalue weighted by molar-refractivity contribution is 5.69. The molecule has 0 aromatic carbocycles. The summed E-state index contributed by atoms with van der Waals surface area (Å²) in [5.74, 6) is -0.188. The average Bonchev–Trinajstić information content (AvgIpc) is 2.63. The van der Waals surface area contributed by atoms with Gasteiger partial charge in [0.05, 0.1) is 12.5 Å². The number of carboxylic acid groups (broad SMARTS) is 1. The predicted molar refractivity (Wildman–Crippen MR) is 67.1 cm³/mol. The molecule has 1 rings (SSSR count). The van der Waals surface area contributed by atoms with E-state index in [0.29, 0.717) is 18.9 Å². The Labute approximate surface area is 107 Å². The molecule has 0 aliphatic rings. The fourth-order valence-electron chi connectivity index (χ4n) is 1.90. The molecule has 1 atom stereocenters. The molecule has 0 bridgehead atoms. The number of tetrazole rings is 1. The van der Waals surface area contributed by atoms with Gasteiger partial charge < -0.3 is 5.11 Å². The van der Waals surface area contributed by atoms with Crippen molar-refractivity contribution in [2.75, 3.05) is 0 Å². The molecule has 0 radical (unpaired) electrons. The molecule has 18 heavy (non-hydrogen) atoms. The molecule has 6 nitrogen and oxygen atoms in total. The first-order valence-electron chi connectivity index (χ1n) is 6.21. The third kappa shape index (κ3) is 3.78. The van der Waals surface area contributed by atoms with Gasteiger partial charge in [0, 0.05) is 5.41 Å². The van der Waals surface area contributed by atoms with Crippen molar-refractivity contribution in [2.45, 2.75) is 53.0 Å². The second-order valence-corrected chi connectivity index (χ2v) is 6.10. The third-order valence-electron chi connectivity index (χ3n) is 2.70. The zero-order valence-electron chi connectivity index (χ0n) is 11.7. The van der Waals surface area contributed by atoms with E-state index in [9.17, 15) is 9.90 Å². The van der Waals surface area contributed by atoms with Crippen molar-refractivity contribution in [1.29, 1.82) is 0 Å². The van der Waals surface area contributed by atoms with E-state index in [4.69, 9.17) is 0 Å². The van der Waals surface area contributed by atoms with E-state index in [2.05, 4.69) is 15.5 Å². The van der Waals surface area contributed by atoms with Crippen LogP contribution in [0.2, 0.25) is 0 Å². The Morgan fingerprint density at radius 3 is 2.44 bits per heavy atom. The second kappa shape index (κ2) is 5.46. The third-order valence-corrected chi connectivity index (χ3v) is 2.70. The lowest BCUT2D eigenvalue weighted by atomic mass is 9.94. The van der Waals surface area contributed by atoms with Gasteiger partial charge >= 0.3 is 5.97 Å². The second-order valence-electron chi connectivity index (χ2n) is 6.10. The van der Waals surface area contributed by atoms with Crippen LogP contribution in [-0.4, -0.2) is 31.3 Å². The normalized spacial score (nSPS) is 13.9. The van der Waals surface area contributed by atoms with E-state index in [1.54, 1.807) is 4.68 Å². The Morgan fingerprint density at radius 1 is 1.39 bits per heavy atom. The van der Waals surface area contributed by atoms with Gasteiger partial charge in [-0.1, -0.05) is 34.6 Å². The maximum Gasteiger partial charge on any atom is 0.308 e. The summed E-state index contributed by atoms with van der Waals surface area (Å²) in [5, 5.41) is 20.8. The minimum absolute atomic E-state index is 0.190. The lowest BCUT2D eigenvalue weighted by molar-refractivity contribution is -0.142. The van der Waals surface area contributed by atoms with Gasteiger partial charge in [-0.25, -0.2) is 4.68 Å². The van der Waals surface area contributed by atoms with Gasteiger partial charge in [-0.05, 0) is 22.8 Å². The number of carboxylic acids is 1. The largest absolute Gasteiger partial charge is 0.481 e. The van der Waals surface area contributed by atoms with Crippen LogP contribution < -0.4 is 0 Å². The Balaban J connectivity index is 2.88. The summed E-state index contributed by atoms with van der Waals surface area (Å²) in [7, 11) is 0. The Morgan fingerprint density at radius 2 is 2.00 bits per heavy atom. The van der Waals surface area contributed by atoms with Gasteiger partial charge in [-0.15, -0.1) is 5.10 Å². The lowest BCUT2D eigenvalue weighted by Gasteiger charge is -2.20. The SMILES string of the molecule is CC(C)CC(Cn1nnnc1C(C)(C)C)C(=O)O. The van der Waals surface area contributed by atoms with E-state index in [0.717, 1.165) is 5.82 Å². The summed E-state index contributed by atoms with van der Waals surface area (Å²) in [6.45, 7) is 10.4. The molecule has 0 fully saturated rings. The topological polar surface area (TPSA) is 80.9 Å². The number of nitrogens with zero attached hydrogens (tertiary/aromatic N) is 4. The van der Waals surface area contributed by atoms with E-state index < -0.39 is 11.9 Å². The number of aromatic nitrogens is 4. The summed E-state index contributed by atoms with van der Waals surface area (Å²) >= 11 is 0. The van der Waals surface area contributed by atoms with Gasteiger partial charge in [-0.2, -0.15) is 0 Å². The van der Waals surface area contributed by atoms with Crippen LogP contribution in [0.5, 0.6) is 0 Å². The molecule has 0 spiro atoms. The van der Waals surface area contributed by atoms with Crippen LogP contribution in [0.3, 0.4) is 0 Å². The highest BCUT2D eigenvalue weighted by atomic mass is 16.4. The number of hydrogen-bond donors (Lipinski definition) is 1. The number of hydrogen-bond acceptors (Lipinski definition) is 4. The van der Waals surface area contributed by atoms with E-state index >= 15 is 0 Å². The van der Waals surface area contributed by atoms with Crippen molar-refractivity contribution in [1.82, 2.24) is 20.2 Å². The van der Waals surface area contributed by atoms with Gasteiger partial charge in [0.1, 0.15) is 0 Å². The van der Waals surface area contributed by atoms with Crippen molar-refractivity contribution in [3.8, 4) is 0 Å². The Bertz CT molecular complexity index is 406. The first-order valence-corrected chi connectivity index (χ1v) is 6.21. The van der Waals surface area contributed by atoms with Crippen LogP contribution in [0.25, 0.3) is 0 Å². The maximum absolute atomic E-state index is 11.2. The predicted octanol–water partition coefficient (Wildman–Crippen LogP) is 1.72. The van der Waals surface area contributed by atoms with Crippen molar-refractivity contribution in [3.05, 3.63) is 5.82 Å². The van der Waals surface area contributed by atoms with Gasteiger partial charge in [0.2, 0.25) is 0 Å². The summed E-state index contributed by atoms with van der Waals surface area (Å²) in [4.78, 5) is 11.2. The number of aliphatic carboxylic acids is 1. The van der Waals surface area contributed by atoms with Crippen LogP contribution in [-0.2, 0) is 16.8 Å². The fourth-order valence-corrected chi connectivity index (χ4v) is 1.90. The van der Waals surface area contributed by atoms with Crippen LogP contribution in [0.1, 0.15) is 46.9 Å². The van der Waals surface area contributed by atoms with Gasteiger partial charge in [-0.3, -0.25) is 4.79 Å². The standard InChI is InChI=1S/C12H22N4O2/c1-8(2)6-9(10(17)18)7-16-11(12(3,4)5)13-14-15-16/h8-9H,6-7H2,1-5H3,(H,17,18). The van der Waals surface area contributed by atoms with Crippen molar-refractivity contribution in [2.24, 2.45) is 11.8 Å². The molecule has 1 unspecified atom stereocenters. The molecule has 6 heteroatoms. The number of carbonyl (C=O) groups is 1. The fraction of sp³-hybridized carbons (Fsp3) is 0.833. The van der Waals surface area contributed by atoms with Crippen LogP contribution in [0, 0.1) is 11.8 Å². The minimum atomic E-state index is -0.793. The Hall–Kier alpha value is -1.46. The summed E-state index contributed by atoms with van der Waals surface area (Å²) in [5.41, 5.74) is -0.190. The zero-order chi connectivity index (χ0) is 13.9. The molecular weight excluding hydrogens is 232 g/mol. The molecule has 0 aliphatic carbocycles.